The molecular formula is C21H30BrNO6. The molecule has 0 aromatic carbocycles. The summed E-state index contributed by atoms with van der Waals surface area (Å²) in [4.78, 5) is 40.8. The van der Waals surface area contributed by atoms with E-state index in [0.717, 1.165) is 0 Å². The van der Waals surface area contributed by atoms with Crippen LogP contribution in [-0.2, 0) is 23.9 Å². The smallest absolute Gasteiger partial charge is 0.324 e. The van der Waals surface area contributed by atoms with Crippen molar-refractivity contribution in [1.29, 1.82) is 0 Å². The second-order valence-electron chi connectivity index (χ2n) is 7.87. The lowest BCUT2D eigenvalue weighted by Gasteiger charge is -2.42. The van der Waals surface area contributed by atoms with E-state index in [2.05, 4.69) is 22.5 Å². The van der Waals surface area contributed by atoms with Crippen LogP contribution in [0, 0.1) is 11.3 Å². The van der Waals surface area contributed by atoms with E-state index < -0.39 is 34.9 Å². The van der Waals surface area contributed by atoms with Crippen LogP contribution in [0.25, 0.3) is 0 Å². The third kappa shape index (κ3) is 4.07. The van der Waals surface area contributed by atoms with Gasteiger partial charge in [-0.05, 0) is 63.3 Å². The number of carbonyl (C=O) groups is 3. The molecule has 2 aliphatic carbocycles. The fourth-order valence-electron chi connectivity index (χ4n) is 4.80. The molecule has 0 aromatic rings. The minimum atomic E-state index is -1.66. The first-order chi connectivity index (χ1) is 13.6. The number of aliphatic hydroxyl groups is 1. The van der Waals surface area contributed by atoms with Crippen molar-refractivity contribution in [1.82, 2.24) is 4.90 Å². The summed E-state index contributed by atoms with van der Waals surface area (Å²) in [5.41, 5.74) is -1.76. The van der Waals surface area contributed by atoms with E-state index >= 15 is 0 Å². The lowest BCUT2D eigenvalue weighted by molar-refractivity contribution is -0.172. The molecule has 1 saturated carbocycles. The van der Waals surface area contributed by atoms with E-state index in [1.165, 1.54) is 6.08 Å². The number of hydrogen-bond acceptors (Lipinski definition) is 7. The van der Waals surface area contributed by atoms with Crippen LogP contribution in [0.15, 0.2) is 22.7 Å². The maximum Gasteiger partial charge on any atom is 0.324 e. The second kappa shape index (κ2) is 9.10. The van der Waals surface area contributed by atoms with Gasteiger partial charge in [-0.2, -0.15) is 0 Å². The van der Waals surface area contributed by atoms with Crippen molar-refractivity contribution < 1.29 is 29.0 Å². The molecule has 0 heterocycles. The van der Waals surface area contributed by atoms with Gasteiger partial charge in [0.2, 0.25) is 0 Å². The average molecular weight is 472 g/mol. The zero-order chi connectivity index (χ0) is 22.0. The number of esters is 2. The predicted octanol–water partition coefficient (Wildman–Crippen LogP) is 2.37. The number of ketones is 1. The number of ether oxygens (including phenoxy) is 2. The van der Waals surface area contributed by atoms with Crippen molar-refractivity contribution in [3.8, 4) is 0 Å². The molecule has 0 saturated heterocycles. The number of likely N-dealkylation sites (N-methyl/N-ethyl adjacent to an activating group) is 1. The lowest BCUT2D eigenvalue weighted by Crippen LogP contribution is -2.52. The first kappa shape index (κ1) is 23.8. The van der Waals surface area contributed by atoms with E-state index in [1.54, 1.807) is 13.8 Å². The first-order valence-electron chi connectivity index (χ1n) is 9.85. The van der Waals surface area contributed by atoms with Gasteiger partial charge in [-0.3, -0.25) is 19.3 Å². The van der Waals surface area contributed by atoms with Crippen molar-refractivity contribution >= 4 is 33.7 Å². The Labute approximate surface area is 180 Å². The van der Waals surface area contributed by atoms with Crippen molar-refractivity contribution in [2.24, 2.45) is 11.3 Å². The van der Waals surface area contributed by atoms with Gasteiger partial charge in [-0.25, -0.2) is 0 Å². The first-order valence-corrected chi connectivity index (χ1v) is 10.6. The van der Waals surface area contributed by atoms with Gasteiger partial charge < -0.3 is 14.6 Å². The summed E-state index contributed by atoms with van der Waals surface area (Å²) in [7, 11) is 3.69. The molecule has 0 radical (unpaired) electrons. The van der Waals surface area contributed by atoms with Gasteiger partial charge in [-0.15, -0.1) is 0 Å². The Hall–Kier alpha value is -1.51. The monoisotopic (exact) mass is 471 g/mol. The molecule has 1 unspecified atom stereocenters. The van der Waals surface area contributed by atoms with Crippen molar-refractivity contribution in [2.75, 3.05) is 27.3 Å². The summed E-state index contributed by atoms with van der Waals surface area (Å²) in [6, 6.07) is 0. The van der Waals surface area contributed by atoms with Crippen molar-refractivity contribution in [2.45, 2.75) is 51.2 Å². The highest BCUT2D eigenvalue weighted by Gasteiger charge is 2.61. The number of halogens is 1. The fourth-order valence-corrected chi connectivity index (χ4v) is 5.28. The highest BCUT2D eigenvalue weighted by Crippen LogP contribution is 2.53. The zero-order valence-electron chi connectivity index (χ0n) is 17.5. The summed E-state index contributed by atoms with van der Waals surface area (Å²) in [6.07, 6.45) is 1.69. The van der Waals surface area contributed by atoms with E-state index in [4.69, 9.17) is 9.47 Å². The predicted molar refractivity (Wildman–Crippen MR) is 111 cm³/mol. The van der Waals surface area contributed by atoms with E-state index in [0.29, 0.717) is 22.9 Å². The van der Waals surface area contributed by atoms with Gasteiger partial charge in [0.05, 0.1) is 30.8 Å². The van der Waals surface area contributed by atoms with Gasteiger partial charge in [0.1, 0.15) is 0 Å². The summed E-state index contributed by atoms with van der Waals surface area (Å²) in [5, 5.41) is 10.4. The van der Waals surface area contributed by atoms with Crippen LogP contribution < -0.4 is 0 Å². The minimum Gasteiger partial charge on any atom is -0.465 e. The van der Waals surface area contributed by atoms with Crippen molar-refractivity contribution in [3.63, 3.8) is 0 Å². The molecule has 1 fully saturated rings. The second-order valence-corrected chi connectivity index (χ2v) is 8.99. The molecule has 0 spiro atoms. The number of carbonyl (C=O) groups excluding carboxylic acids is 3. The SMILES string of the molecule is C=C(Br)CC(CC1=CC(=O)C2[C@@H](O)CC[C@@]12N(C)C)(C(=O)OCC)C(=O)OCC. The molecule has 2 aliphatic rings. The number of allylic oxidation sites excluding steroid dienone is 2. The summed E-state index contributed by atoms with van der Waals surface area (Å²) < 4.78 is 11.0. The van der Waals surface area contributed by atoms with Gasteiger partial charge >= 0.3 is 11.9 Å². The van der Waals surface area contributed by atoms with Crippen LogP contribution in [0.4, 0.5) is 0 Å². The minimum absolute atomic E-state index is 0.0209. The molecule has 1 N–H and O–H groups in total. The summed E-state index contributed by atoms with van der Waals surface area (Å²) in [5.74, 6) is -2.20. The standard InChI is InChI=1S/C21H30BrNO6/c1-6-28-18(26)20(11-13(3)22,19(27)29-7-2)12-14-10-16(25)17-15(24)8-9-21(14,17)23(4)5/h10,15,17,24H,3,6-9,11-12H2,1-2,4-5H3/t15-,17?,21+/m0/s1. The largest absolute Gasteiger partial charge is 0.465 e. The van der Waals surface area contributed by atoms with Crippen LogP contribution in [0.2, 0.25) is 0 Å². The normalized spacial score (nSPS) is 26.3. The molecular weight excluding hydrogens is 442 g/mol. The molecule has 7 nitrogen and oxygen atoms in total. The fraction of sp³-hybridized carbons (Fsp3) is 0.667. The highest BCUT2D eigenvalue weighted by atomic mass is 79.9. The summed E-state index contributed by atoms with van der Waals surface area (Å²) >= 11 is 3.27. The molecule has 162 valence electrons. The van der Waals surface area contributed by atoms with Crippen molar-refractivity contribution in [3.05, 3.63) is 22.7 Å². The Balaban J connectivity index is 2.58. The number of hydrogen-bond donors (Lipinski definition) is 1. The maximum atomic E-state index is 13.1. The average Bonchev–Trinajstić information content (AvgIpc) is 3.12. The number of aliphatic hydroxyl groups excluding tert-OH is 1. The molecule has 0 bridgehead atoms. The Bertz CT molecular complexity index is 713. The number of fused-ring (bicyclic) bond motifs is 1. The van der Waals surface area contributed by atoms with Gasteiger partial charge in [0.25, 0.3) is 0 Å². The van der Waals surface area contributed by atoms with E-state index in [-0.39, 0.29) is 31.8 Å². The van der Waals surface area contributed by atoms with Crippen LogP contribution in [0.3, 0.4) is 0 Å². The topological polar surface area (TPSA) is 93.1 Å². The maximum absolute atomic E-state index is 13.1. The molecule has 8 heteroatoms. The molecule has 2 rings (SSSR count). The number of nitrogens with zero attached hydrogens (tertiary/aromatic N) is 1. The third-order valence-corrected chi connectivity index (χ3v) is 6.30. The van der Waals surface area contributed by atoms with Crippen LogP contribution in [-0.4, -0.2) is 66.7 Å². The van der Waals surface area contributed by atoms with Gasteiger partial charge in [-0.1, -0.05) is 22.5 Å². The highest BCUT2D eigenvalue weighted by molar-refractivity contribution is 9.11. The Kier molecular flexibility index (Phi) is 7.46. The van der Waals surface area contributed by atoms with Crippen LogP contribution in [0.1, 0.15) is 39.5 Å². The van der Waals surface area contributed by atoms with E-state index in [9.17, 15) is 19.5 Å². The molecule has 3 atom stereocenters. The lowest BCUT2D eigenvalue weighted by atomic mass is 9.72. The Morgan fingerprint density at radius 2 is 1.86 bits per heavy atom. The Morgan fingerprint density at radius 3 is 2.31 bits per heavy atom. The van der Waals surface area contributed by atoms with Gasteiger partial charge in [0.15, 0.2) is 11.2 Å². The zero-order valence-corrected chi connectivity index (χ0v) is 19.1. The Morgan fingerprint density at radius 1 is 1.31 bits per heavy atom. The summed E-state index contributed by atoms with van der Waals surface area (Å²) in [6.45, 7) is 7.35. The molecule has 29 heavy (non-hydrogen) atoms. The molecule has 0 aromatic heterocycles. The number of rotatable bonds is 9. The van der Waals surface area contributed by atoms with Gasteiger partial charge in [0, 0.05) is 6.42 Å². The van der Waals surface area contributed by atoms with Crippen LogP contribution >= 0.6 is 15.9 Å². The van der Waals surface area contributed by atoms with E-state index in [1.807, 2.05) is 19.0 Å². The quantitative estimate of drug-likeness (QED) is 0.407. The molecule has 0 aliphatic heterocycles. The van der Waals surface area contributed by atoms with Crippen LogP contribution in [0.5, 0.6) is 0 Å². The third-order valence-electron chi connectivity index (χ3n) is 6.02. The molecule has 0 amide bonds.